The van der Waals surface area contributed by atoms with Crippen molar-refractivity contribution in [3.8, 4) is 23.0 Å². The highest BCUT2D eigenvalue weighted by atomic mass is 31.1. The van der Waals surface area contributed by atoms with Crippen LogP contribution in [-0.2, 0) is 6.42 Å². The van der Waals surface area contributed by atoms with Gasteiger partial charge in [-0.25, -0.2) is 0 Å². The van der Waals surface area contributed by atoms with Gasteiger partial charge in [-0.15, -0.1) is 0 Å². The largest absolute Gasteiger partial charge is 0.508 e. The molecule has 1 N–H and O–H groups in total. The van der Waals surface area contributed by atoms with Crippen molar-refractivity contribution in [3.63, 3.8) is 0 Å². The second-order valence-electron chi connectivity index (χ2n) is 10.7. The molecule has 0 bridgehead atoms. The average molecular weight is 643 g/mol. The van der Waals surface area contributed by atoms with Crippen LogP contribution in [0.1, 0.15) is 11.1 Å². The molecular formula is C40H36O4P2. The molecule has 0 saturated heterocycles. The second-order valence-corrected chi connectivity index (χ2v) is 15.1. The number of methoxy groups -OCH3 is 3. The van der Waals surface area contributed by atoms with Crippen LogP contribution < -0.4 is 46.0 Å². The van der Waals surface area contributed by atoms with Gasteiger partial charge in [-0.3, -0.25) is 0 Å². The van der Waals surface area contributed by atoms with Crippen molar-refractivity contribution in [1.82, 2.24) is 0 Å². The van der Waals surface area contributed by atoms with Gasteiger partial charge in [-0.2, -0.15) is 0 Å². The van der Waals surface area contributed by atoms with E-state index in [9.17, 15) is 5.11 Å². The number of phenols is 1. The zero-order valence-electron chi connectivity index (χ0n) is 26.1. The van der Waals surface area contributed by atoms with Gasteiger partial charge in [-0.1, -0.05) is 97.1 Å². The first-order valence-electron chi connectivity index (χ1n) is 15.0. The minimum Gasteiger partial charge on any atom is -0.508 e. The van der Waals surface area contributed by atoms with Crippen LogP contribution in [0, 0.1) is 0 Å². The maximum atomic E-state index is 10.1. The zero-order chi connectivity index (χ0) is 31.9. The monoisotopic (exact) mass is 642 g/mol. The van der Waals surface area contributed by atoms with Crippen LogP contribution in [0.3, 0.4) is 0 Å². The molecule has 0 spiro atoms. The average Bonchev–Trinajstić information content (AvgIpc) is 3.11. The number of rotatable bonds is 11. The third-order valence-corrected chi connectivity index (χ3v) is 13.0. The van der Waals surface area contributed by atoms with Crippen LogP contribution in [0.25, 0.3) is 0 Å². The lowest BCUT2D eigenvalue weighted by atomic mass is 10.1. The van der Waals surface area contributed by atoms with E-state index < -0.39 is 15.8 Å². The summed E-state index contributed by atoms with van der Waals surface area (Å²) in [6, 6.07) is 50.6. The molecule has 0 heterocycles. The van der Waals surface area contributed by atoms with E-state index in [4.69, 9.17) is 14.2 Å². The fourth-order valence-electron chi connectivity index (χ4n) is 5.61. The Hall–Kier alpha value is -4.62. The van der Waals surface area contributed by atoms with Gasteiger partial charge < -0.3 is 19.3 Å². The lowest BCUT2D eigenvalue weighted by molar-refractivity contribution is 0.415. The van der Waals surface area contributed by atoms with E-state index in [2.05, 4.69) is 84.9 Å². The van der Waals surface area contributed by atoms with E-state index in [-0.39, 0.29) is 5.75 Å². The van der Waals surface area contributed by atoms with E-state index in [1.165, 1.54) is 43.0 Å². The predicted octanol–water partition coefficient (Wildman–Crippen LogP) is 6.53. The van der Waals surface area contributed by atoms with Gasteiger partial charge in [0.25, 0.3) is 0 Å². The Bertz CT molecular complexity index is 1820. The minimum absolute atomic E-state index is 0.265. The lowest BCUT2D eigenvalue weighted by Gasteiger charge is -2.25. The maximum absolute atomic E-state index is 10.1. The summed E-state index contributed by atoms with van der Waals surface area (Å²) in [5, 5.41) is 17.6. The van der Waals surface area contributed by atoms with Crippen LogP contribution in [0.4, 0.5) is 0 Å². The number of hydrogen-bond donors (Lipinski definition) is 1. The highest BCUT2D eigenvalue weighted by molar-refractivity contribution is 7.80. The molecule has 1 unspecified atom stereocenters. The van der Waals surface area contributed by atoms with Crippen molar-refractivity contribution < 1.29 is 19.3 Å². The van der Waals surface area contributed by atoms with Crippen molar-refractivity contribution in [2.45, 2.75) is 6.42 Å². The summed E-state index contributed by atoms with van der Waals surface area (Å²) in [5.41, 5.74) is 2.58. The fraction of sp³-hybridized carbons (Fsp3) is 0.100. The molecule has 6 heteroatoms. The molecule has 0 radical (unpaired) electrons. The zero-order valence-corrected chi connectivity index (χ0v) is 27.9. The minimum atomic E-state index is -0.906. The third-order valence-electron chi connectivity index (χ3n) is 7.95. The van der Waals surface area contributed by atoms with Crippen molar-refractivity contribution in [1.29, 1.82) is 0 Å². The first-order chi connectivity index (χ1) is 22.6. The standard InChI is InChI=1S/C40H36O4P2/c1-42-32-14-22-36(23-15-32)45(35-20-12-31(41)13-21-35)39-10-6-4-8-29(39)28-30-9-5-7-11-40(30)46(37-24-16-33(43-2)17-25-37)38-26-18-34(44-3)19-27-38/h4-27,41H,28H2,1-3H3. The molecule has 1 atom stereocenters. The summed E-state index contributed by atoms with van der Waals surface area (Å²) >= 11 is 0. The molecular weight excluding hydrogens is 606 g/mol. The summed E-state index contributed by atoms with van der Waals surface area (Å²) in [4.78, 5) is 0. The third kappa shape index (κ3) is 6.95. The van der Waals surface area contributed by atoms with Gasteiger partial charge in [0.15, 0.2) is 0 Å². The fourth-order valence-corrected chi connectivity index (χ4v) is 10.5. The smallest absolute Gasteiger partial charge is 0.118 e. The Kier molecular flexibility index (Phi) is 9.99. The number of ether oxygens (including phenoxy) is 3. The summed E-state index contributed by atoms with van der Waals surface area (Å²) in [6.07, 6.45) is 0.782. The first-order valence-corrected chi connectivity index (χ1v) is 17.7. The topological polar surface area (TPSA) is 47.9 Å². The van der Waals surface area contributed by atoms with Crippen molar-refractivity contribution >= 4 is 47.7 Å². The van der Waals surface area contributed by atoms with Gasteiger partial charge in [0.1, 0.15) is 23.0 Å². The van der Waals surface area contributed by atoms with Crippen LogP contribution in [-0.4, -0.2) is 26.4 Å². The number of aromatic hydroxyl groups is 1. The number of hydrogen-bond acceptors (Lipinski definition) is 4. The molecule has 0 aromatic heterocycles. The SMILES string of the molecule is COc1ccc(P(c2ccc(O)cc2)c2ccccc2Cc2ccccc2P(c2ccc(OC)cc2)c2ccc(OC)cc2)cc1. The maximum Gasteiger partial charge on any atom is 0.118 e. The quantitative estimate of drug-likeness (QED) is 0.164. The second kappa shape index (κ2) is 14.6. The van der Waals surface area contributed by atoms with Crippen LogP contribution in [0.2, 0.25) is 0 Å². The van der Waals surface area contributed by atoms with E-state index in [1.807, 2.05) is 48.5 Å². The first kappa shape index (κ1) is 31.4. The van der Waals surface area contributed by atoms with Gasteiger partial charge >= 0.3 is 0 Å². The molecule has 4 nitrogen and oxygen atoms in total. The molecule has 0 fully saturated rings. The Morgan fingerprint density at radius 1 is 0.413 bits per heavy atom. The van der Waals surface area contributed by atoms with E-state index in [1.54, 1.807) is 33.5 Å². The molecule has 0 saturated carbocycles. The number of phenolic OH excluding ortho intramolecular Hbond substituents is 1. The molecule has 230 valence electrons. The van der Waals surface area contributed by atoms with Gasteiger partial charge in [-0.05, 0) is 114 Å². The van der Waals surface area contributed by atoms with Crippen molar-refractivity contribution in [2.24, 2.45) is 0 Å². The molecule has 46 heavy (non-hydrogen) atoms. The lowest BCUT2D eigenvalue weighted by Crippen LogP contribution is -2.26. The van der Waals surface area contributed by atoms with Crippen molar-refractivity contribution in [2.75, 3.05) is 21.3 Å². The Morgan fingerprint density at radius 2 is 0.717 bits per heavy atom. The molecule has 0 amide bonds. The molecule has 6 rings (SSSR count). The van der Waals surface area contributed by atoms with Crippen LogP contribution in [0.15, 0.2) is 146 Å². The molecule has 0 aliphatic heterocycles. The molecule has 6 aromatic carbocycles. The van der Waals surface area contributed by atoms with Crippen LogP contribution in [0.5, 0.6) is 23.0 Å². The normalized spacial score (nSPS) is 11.7. The Balaban J connectivity index is 1.46. The van der Waals surface area contributed by atoms with Gasteiger partial charge in [0.05, 0.1) is 21.3 Å². The van der Waals surface area contributed by atoms with Crippen LogP contribution >= 0.6 is 15.8 Å². The predicted molar refractivity (Wildman–Crippen MR) is 194 cm³/mol. The summed E-state index contributed by atoms with van der Waals surface area (Å²) in [6.45, 7) is 0. The summed E-state index contributed by atoms with van der Waals surface area (Å²) < 4.78 is 16.5. The Morgan fingerprint density at radius 3 is 1.04 bits per heavy atom. The van der Waals surface area contributed by atoms with E-state index in [0.29, 0.717) is 0 Å². The van der Waals surface area contributed by atoms with E-state index in [0.717, 1.165) is 23.7 Å². The highest BCUT2D eigenvalue weighted by Gasteiger charge is 2.23. The van der Waals surface area contributed by atoms with Gasteiger partial charge in [0, 0.05) is 0 Å². The summed E-state index contributed by atoms with van der Waals surface area (Å²) in [7, 11) is 3.32. The van der Waals surface area contributed by atoms with Gasteiger partial charge in [0.2, 0.25) is 0 Å². The molecule has 0 aliphatic carbocycles. The number of benzene rings is 6. The molecule has 6 aromatic rings. The highest BCUT2D eigenvalue weighted by Crippen LogP contribution is 2.38. The Labute approximate surface area is 273 Å². The molecule has 0 aliphatic rings. The van der Waals surface area contributed by atoms with Crippen molar-refractivity contribution in [3.05, 3.63) is 157 Å². The summed E-state index contributed by atoms with van der Waals surface area (Å²) in [5.74, 6) is 2.78. The van der Waals surface area contributed by atoms with E-state index >= 15 is 0 Å².